The Hall–Kier alpha value is -3.27. The molecule has 1 fully saturated rings. The number of carbonyl (C=O) groups excluding carboxylic acids is 3. The van der Waals surface area contributed by atoms with Crippen LogP contribution < -0.4 is 10.6 Å². The van der Waals surface area contributed by atoms with E-state index in [9.17, 15) is 24.5 Å². The molecule has 0 aliphatic carbocycles. The number of rotatable bonds is 5. The Balaban J connectivity index is 1.79. The Bertz CT molecular complexity index is 1040. The predicted molar refractivity (Wildman–Crippen MR) is 108 cm³/mol. The van der Waals surface area contributed by atoms with Crippen molar-refractivity contribution in [2.24, 2.45) is 0 Å². The highest BCUT2D eigenvalue weighted by Gasteiger charge is 2.49. The lowest BCUT2D eigenvalue weighted by molar-refractivity contribution is -0.384. The Morgan fingerprint density at radius 2 is 2.00 bits per heavy atom. The first-order valence-corrected chi connectivity index (χ1v) is 9.36. The number of halogens is 1. The fourth-order valence-electron chi connectivity index (χ4n) is 3.07. The molecule has 0 aromatic heterocycles. The summed E-state index contributed by atoms with van der Waals surface area (Å²) in [6.45, 7) is 2.67. The molecule has 1 saturated heterocycles. The van der Waals surface area contributed by atoms with Crippen LogP contribution in [-0.2, 0) is 15.1 Å². The predicted octanol–water partition coefficient (Wildman–Crippen LogP) is 3.07. The molecule has 0 saturated carbocycles. The van der Waals surface area contributed by atoms with Gasteiger partial charge in [0.05, 0.1) is 4.92 Å². The fourth-order valence-corrected chi connectivity index (χ4v) is 3.47. The van der Waals surface area contributed by atoms with Crippen LogP contribution in [0.15, 0.2) is 46.9 Å². The number of aryl methyl sites for hydroxylation is 1. The number of urea groups is 1. The highest BCUT2D eigenvalue weighted by Crippen LogP contribution is 2.30. The first kappa shape index (κ1) is 20.5. The molecular weight excluding hydrogens is 444 g/mol. The van der Waals surface area contributed by atoms with Crippen LogP contribution in [0.1, 0.15) is 18.1 Å². The lowest BCUT2D eigenvalue weighted by Gasteiger charge is -2.22. The van der Waals surface area contributed by atoms with E-state index in [1.165, 1.54) is 12.1 Å². The molecule has 1 atom stereocenters. The highest BCUT2D eigenvalue weighted by atomic mass is 79.9. The lowest BCUT2D eigenvalue weighted by Crippen LogP contribution is -2.42. The number of anilines is 1. The molecule has 0 unspecified atom stereocenters. The number of carbonyl (C=O) groups is 3. The number of nitro benzene ring substituents is 1. The number of hydrogen-bond donors (Lipinski definition) is 2. The van der Waals surface area contributed by atoms with Gasteiger partial charge in [-0.15, -0.1) is 0 Å². The molecule has 1 heterocycles. The molecule has 3 rings (SSSR count). The quantitative estimate of drug-likeness (QED) is 0.403. The van der Waals surface area contributed by atoms with E-state index in [4.69, 9.17) is 0 Å². The minimum atomic E-state index is -1.32. The van der Waals surface area contributed by atoms with Crippen LogP contribution in [0.25, 0.3) is 0 Å². The third-order valence-electron chi connectivity index (χ3n) is 4.60. The number of amides is 4. The molecule has 2 aromatic rings. The van der Waals surface area contributed by atoms with E-state index in [1.807, 2.05) is 0 Å². The third kappa shape index (κ3) is 3.97. The van der Waals surface area contributed by atoms with Gasteiger partial charge in [-0.05, 0) is 43.2 Å². The topological polar surface area (TPSA) is 122 Å². The lowest BCUT2D eigenvalue weighted by atomic mass is 9.92. The zero-order chi connectivity index (χ0) is 21.3. The van der Waals surface area contributed by atoms with Crippen molar-refractivity contribution in [3.8, 4) is 0 Å². The molecule has 0 radical (unpaired) electrons. The van der Waals surface area contributed by atoms with E-state index in [1.54, 1.807) is 44.2 Å². The Labute approximate surface area is 174 Å². The second-order valence-electron chi connectivity index (χ2n) is 6.78. The maximum atomic E-state index is 12.9. The normalized spacial score (nSPS) is 18.5. The molecule has 9 nitrogen and oxygen atoms in total. The van der Waals surface area contributed by atoms with Crippen molar-refractivity contribution in [3.63, 3.8) is 0 Å². The molecule has 150 valence electrons. The van der Waals surface area contributed by atoms with Gasteiger partial charge in [0.2, 0.25) is 5.91 Å². The number of nitrogens with one attached hydrogen (secondary N) is 2. The minimum absolute atomic E-state index is 0.00703. The minimum Gasteiger partial charge on any atom is -0.319 e. The zero-order valence-electron chi connectivity index (χ0n) is 15.6. The summed E-state index contributed by atoms with van der Waals surface area (Å²) in [6.07, 6.45) is 0. The molecule has 0 spiro atoms. The standard InChI is InChI=1S/C19H17BrN4O5/c1-11-6-7-14(15(8-11)24(28)29)21-16(25)10-23-17(26)19(2,22-18(23)27)12-4-3-5-13(20)9-12/h3-9H,10H2,1-2H3,(H,21,25)(H,22,27)/t19-/m1/s1. The van der Waals surface area contributed by atoms with Crippen LogP contribution in [-0.4, -0.2) is 34.2 Å². The number of nitro groups is 1. The van der Waals surface area contributed by atoms with E-state index in [0.717, 1.165) is 9.37 Å². The van der Waals surface area contributed by atoms with Crippen LogP contribution in [0.2, 0.25) is 0 Å². The average Bonchev–Trinajstić information content (AvgIpc) is 2.87. The zero-order valence-corrected chi connectivity index (χ0v) is 17.1. The van der Waals surface area contributed by atoms with Gasteiger partial charge < -0.3 is 10.6 Å². The Morgan fingerprint density at radius 3 is 2.66 bits per heavy atom. The molecule has 0 bridgehead atoms. The van der Waals surface area contributed by atoms with Gasteiger partial charge >= 0.3 is 6.03 Å². The summed E-state index contributed by atoms with van der Waals surface area (Å²) in [7, 11) is 0. The molecule has 1 aliphatic heterocycles. The highest BCUT2D eigenvalue weighted by molar-refractivity contribution is 9.10. The van der Waals surface area contributed by atoms with Gasteiger partial charge in [-0.25, -0.2) is 4.79 Å². The number of nitrogens with zero attached hydrogens (tertiary/aromatic N) is 2. The van der Waals surface area contributed by atoms with E-state index >= 15 is 0 Å². The maximum Gasteiger partial charge on any atom is 0.325 e. The van der Waals surface area contributed by atoms with Crippen molar-refractivity contribution in [3.05, 3.63) is 68.2 Å². The van der Waals surface area contributed by atoms with Crippen LogP contribution >= 0.6 is 15.9 Å². The van der Waals surface area contributed by atoms with E-state index in [-0.39, 0.29) is 11.4 Å². The van der Waals surface area contributed by atoms with Crippen LogP contribution in [0.3, 0.4) is 0 Å². The molecule has 1 aliphatic rings. The van der Waals surface area contributed by atoms with Gasteiger partial charge in [-0.2, -0.15) is 0 Å². The molecular formula is C19H17BrN4O5. The number of imide groups is 1. The van der Waals surface area contributed by atoms with Gasteiger partial charge in [0.15, 0.2) is 0 Å². The fraction of sp³-hybridized carbons (Fsp3) is 0.211. The van der Waals surface area contributed by atoms with Gasteiger partial charge in [-0.3, -0.25) is 24.6 Å². The molecule has 29 heavy (non-hydrogen) atoms. The maximum absolute atomic E-state index is 12.9. The van der Waals surface area contributed by atoms with E-state index < -0.39 is 34.9 Å². The second kappa shape index (κ2) is 7.63. The van der Waals surface area contributed by atoms with E-state index in [2.05, 4.69) is 26.6 Å². The van der Waals surface area contributed by atoms with Crippen molar-refractivity contribution in [2.75, 3.05) is 11.9 Å². The van der Waals surface area contributed by atoms with Gasteiger partial charge in [0.25, 0.3) is 11.6 Å². The Morgan fingerprint density at radius 1 is 1.28 bits per heavy atom. The third-order valence-corrected chi connectivity index (χ3v) is 5.10. The molecule has 4 amide bonds. The SMILES string of the molecule is Cc1ccc(NC(=O)CN2C(=O)N[C@](C)(c3cccc(Br)c3)C2=O)c([N+](=O)[O-])c1. The summed E-state index contributed by atoms with van der Waals surface area (Å²) in [5.74, 6) is -1.31. The van der Waals surface area contributed by atoms with Crippen LogP contribution in [0.5, 0.6) is 0 Å². The number of benzene rings is 2. The van der Waals surface area contributed by atoms with Crippen molar-refractivity contribution in [1.29, 1.82) is 0 Å². The molecule has 2 N–H and O–H groups in total. The first-order valence-electron chi connectivity index (χ1n) is 8.57. The van der Waals surface area contributed by atoms with Crippen molar-refractivity contribution in [1.82, 2.24) is 10.2 Å². The number of hydrogen-bond acceptors (Lipinski definition) is 5. The summed E-state index contributed by atoms with van der Waals surface area (Å²) in [4.78, 5) is 49.0. The monoisotopic (exact) mass is 460 g/mol. The largest absolute Gasteiger partial charge is 0.325 e. The molecule has 2 aromatic carbocycles. The first-order chi connectivity index (χ1) is 13.6. The van der Waals surface area contributed by atoms with Crippen molar-refractivity contribution < 1.29 is 19.3 Å². The van der Waals surface area contributed by atoms with Crippen molar-refractivity contribution >= 4 is 45.2 Å². The molecule has 10 heteroatoms. The summed E-state index contributed by atoms with van der Waals surface area (Å²) in [6, 6.07) is 10.5. The average molecular weight is 461 g/mol. The second-order valence-corrected chi connectivity index (χ2v) is 7.70. The van der Waals surface area contributed by atoms with Gasteiger partial charge in [0, 0.05) is 10.5 Å². The van der Waals surface area contributed by atoms with Crippen molar-refractivity contribution in [2.45, 2.75) is 19.4 Å². The summed E-state index contributed by atoms with van der Waals surface area (Å²) in [5, 5.41) is 16.2. The summed E-state index contributed by atoms with van der Waals surface area (Å²) >= 11 is 3.33. The van der Waals surface area contributed by atoms with Crippen LogP contribution in [0, 0.1) is 17.0 Å². The smallest absolute Gasteiger partial charge is 0.319 e. The summed E-state index contributed by atoms with van der Waals surface area (Å²) < 4.78 is 0.737. The summed E-state index contributed by atoms with van der Waals surface area (Å²) in [5.41, 5.74) is -0.380. The Kier molecular flexibility index (Phi) is 5.38. The van der Waals surface area contributed by atoms with Crippen LogP contribution in [0.4, 0.5) is 16.2 Å². The van der Waals surface area contributed by atoms with E-state index in [0.29, 0.717) is 11.1 Å². The van der Waals surface area contributed by atoms with Gasteiger partial charge in [0.1, 0.15) is 17.8 Å². The van der Waals surface area contributed by atoms with Gasteiger partial charge in [-0.1, -0.05) is 34.1 Å².